The molecular weight excluding hydrogens is 254 g/mol. The lowest BCUT2D eigenvalue weighted by Crippen LogP contribution is -2.35. The molecule has 4 N–H and O–H groups in total. The molecule has 1 unspecified atom stereocenters. The lowest BCUT2D eigenvalue weighted by Gasteiger charge is -2.12. The molecule has 5 heteroatoms. The minimum Gasteiger partial charge on any atom is -0.398 e. The molecule has 20 heavy (non-hydrogen) atoms. The molecule has 0 aliphatic carbocycles. The second-order valence-corrected chi connectivity index (χ2v) is 4.97. The van der Waals surface area contributed by atoms with E-state index >= 15 is 0 Å². The zero-order chi connectivity index (χ0) is 15.1. The average Bonchev–Trinajstić information content (AvgIpc) is 2.41. The summed E-state index contributed by atoms with van der Waals surface area (Å²) in [4.78, 5) is 23.5. The summed E-state index contributed by atoms with van der Waals surface area (Å²) in [6.07, 6.45) is 1.15. The number of nitrogens with one attached hydrogen (secondary N) is 2. The van der Waals surface area contributed by atoms with E-state index in [1.807, 2.05) is 26.8 Å². The number of carbonyl (C=O) groups excluding carboxylic acids is 2. The summed E-state index contributed by atoms with van der Waals surface area (Å²) in [6, 6.07) is 5.46. The maximum Gasteiger partial charge on any atom is 0.253 e. The van der Waals surface area contributed by atoms with Gasteiger partial charge in [0.1, 0.15) is 0 Å². The smallest absolute Gasteiger partial charge is 0.253 e. The number of hydrogen-bond acceptors (Lipinski definition) is 3. The molecule has 1 aromatic rings. The van der Waals surface area contributed by atoms with Gasteiger partial charge in [0.2, 0.25) is 5.91 Å². The van der Waals surface area contributed by atoms with Crippen molar-refractivity contribution < 1.29 is 9.59 Å². The number of amides is 2. The minimum absolute atomic E-state index is 0.0585. The van der Waals surface area contributed by atoms with Crippen molar-refractivity contribution in [3.05, 3.63) is 29.3 Å². The van der Waals surface area contributed by atoms with Crippen molar-refractivity contribution in [3.63, 3.8) is 0 Å². The molecule has 1 aromatic carbocycles. The Labute approximate surface area is 119 Å². The third kappa shape index (κ3) is 4.91. The molecule has 0 radical (unpaired) electrons. The van der Waals surface area contributed by atoms with Crippen LogP contribution in [-0.2, 0) is 4.79 Å². The summed E-state index contributed by atoms with van der Waals surface area (Å²) in [5, 5.41) is 5.56. The molecular formula is C15H23N3O2. The van der Waals surface area contributed by atoms with Gasteiger partial charge in [0.05, 0.1) is 5.56 Å². The van der Waals surface area contributed by atoms with Gasteiger partial charge in [0, 0.05) is 24.7 Å². The van der Waals surface area contributed by atoms with Gasteiger partial charge >= 0.3 is 0 Å². The SMILES string of the molecule is CCC(C)NC(=O)CCNC(=O)c1cc(C)ccc1N. The van der Waals surface area contributed by atoms with E-state index in [2.05, 4.69) is 10.6 Å². The van der Waals surface area contributed by atoms with Crippen molar-refractivity contribution in [1.29, 1.82) is 0 Å². The zero-order valence-electron chi connectivity index (χ0n) is 12.3. The van der Waals surface area contributed by atoms with Crippen molar-refractivity contribution in [2.45, 2.75) is 39.7 Å². The molecule has 5 nitrogen and oxygen atoms in total. The van der Waals surface area contributed by atoms with E-state index in [9.17, 15) is 9.59 Å². The van der Waals surface area contributed by atoms with E-state index in [1.165, 1.54) is 0 Å². The molecule has 0 aliphatic rings. The van der Waals surface area contributed by atoms with Crippen molar-refractivity contribution in [1.82, 2.24) is 10.6 Å². The third-order valence-electron chi connectivity index (χ3n) is 3.11. The highest BCUT2D eigenvalue weighted by molar-refractivity contribution is 5.99. The maximum absolute atomic E-state index is 12.0. The quantitative estimate of drug-likeness (QED) is 0.691. The Morgan fingerprint density at radius 2 is 2.05 bits per heavy atom. The number of nitrogen functional groups attached to an aromatic ring is 1. The minimum atomic E-state index is -0.248. The van der Waals surface area contributed by atoms with Gasteiger partial charge < -0.3 is 16.4 Å². The predicted octanol–water partition coefficient (Wildman–Crippen LogP) is 1.61. The van der Waals surface area contributed by atoms with E-state index in [1.54, 1.807) is 12.1 Å². The van der Waals surface area contributed by atoms with E-state index in [-0.39, 0.29) is 24.3 Å². The van der Waals surface area contributed by atoms with E-state index < -0.39 is 0 Å². The Morgan fingerprint density at radius 3 is 2.70 bits per heavy atom. The van der Waals surface area contributed by atoms with Crippen LogP contribution in [0.2, 0.25) is 0 Å². The predicted molar refractivity (Wildman–Crippen MR) is 80.4 cm³/mol. The molecule has 0 saturated carbocycles. The lowest BCUT2D eigenvalue weighted by atomic mass is 10.1. The standard InChI is InChI=1S/C15H23N3O2/c1-4-11(3)18-14(19)7-8-17-15(20)12-9-10(2)5-6-13(12)16/h5-6,9,11H,4,7-8,16H2,1-3H3,(H,17,20)(H,18,19). The molecule has 0 fully saturated rings. The average molecular weight is 277 g/mol. The van der Waals surface area contributed by atoms with Gasteiger partial charge in [-0.2, -0.15) is 0 Å². The number of aryl methyl sites for hydroxylation is 1. The number of carbonyl (C=O) groups is 2. The van der Waals surface area contributed by atoms with Gasteiger partial charge in [-0.1, -0.05) is 18.6 Å². The topological polar surface area (TPSA) is 84.2 Å². The summed E-state index contributed by atoms with van der Waals surface area (Å²) < 4.78 is 0. The zero-order valence-corrected chi connectivity index (χ0v) is 12.3. The van der Waals surface area contributed by atoms with Gasteiger partial charge in [-0.05, 0) is 32.4 Å². The normalized spacial score (nSPS) is 11.8. The van der Waals surface area contributed by atoms with E-state index in [4.69, 9.17) is 5.73 Å². The second-order valence-electron chi connectivity index (χ2n) is 4.97. The molecule has 110 valence electrons. The third-order valence-corrected chi connectivity index (χ3v) is 3.11. The van der Waals surface area contributed by atoms with Gasteiger partial charge in [0.25, 0.3) is 5.91 Å². The van der Waals surface area contributed by atoms with Crippen molar-refractivity contribution >= 4 is 17.5 Å². The molecule has 0 spiro atoms. The largest absolute Gasteiger partial charge is 0.398 e. The highest BCUT2D eigenvalue weighted by Crippen LogP contribution is 2.13. The van der Waals surface area contributed by atoms with Crippen LogP contribution in [0.3, 0.4) is 0 Å². The molecule has 2 amide bonds. The molecule has 1 rings (SSSR count). The summed E-state index contributed by atoms with van der Waals surface area (Å²) >= 11 is 0. The van der Waals surface area contributed by atoms with Crippen molar-refractivity contribution in [2.24, 2.45) is 0 Å². The van der Waals surface area contributed by atoms with Crippen molar-refractivity contribution in [3.8, 4) is 0 Å². The van der Waals surface area contributed by atoms with Crippen LogP contribution >= 0.6 is 0 Å². The monoisotopic (exact) mass is 277 g/mol. The van der Waals surface area contributed by atoms with Crippen LogP contribution in [0.5, 0.6) is 0 Å². The fourth-order valence-corrected chi connectivity index (χ4v) is 1.70. The van der Waals surface area contributed by atoms with Crippen LogP contribution in [0.4, 0.5) is 5.69 Å². The van der Waals surface area contributed by atoms with Crippen LogP contribution in [-0.4, -0.2) is 24.4 Å². The second kappa shape index (κ2) is 7.53. The van der Waals surface area contributed by atoms with Crippen LogP contribution < -0.4 is 16.4 Å². The Balaban J connectivity index is 2.44. The first kappa shape index (κ1) is 16.0. The summed E-state index contributed by atoms with van der Waals surface area (Å²) in [5.74, 6) is -0.306. The van der Waals surface area contributed by atoms with E-state index in [0.717, 1.165) is 12.0 Å². The van der Waals surface area contributed by atoms with Crippen molar-refractivity contribution in [2.75, 3.05) is 12.3 Å². The highest BCUT2D eigenvalue weighted by atomic mass is 16.2. The van der Waals surface area contributed by atoms with Gasteiger partial charge in [0.15, 0.2) is 0 Å². The lowest BCUT2D eigenvalue weighted by molar-refractivity contribution is -0.121. The van der Waals surface area contributed by atoms with Gasteiger partial charge in [-0.25, -0.2) is 0 Å². The molecule has 0 heterocycles. The number of nitrogens with two attached hydrogens (primary N) is 1. The summed E-state index contributed by atoms with van der Waals surface area (Å²) in [5.41, 5.74) is 7.63. The first-order valence-corrected chi connectivity index (χ1v) is 6.87. The van der Waals surface area contributed by atoms with Crippen LogP contribution in [0.15, 0.2) is 18.2 Å². The molecule has 0 saturated heterocycles. The number of rotatable bonds is 6. The van der Waals surface area contributed by atoms with Crippen LogP contribution in [0, 0.1) is 6.92 Å². The fourth-order valence-electron chi connectivity index (χ4n) is 1.70. The molecule has 0 aliphatic heterocycles. The Hall–Kier alpha value is -2.04. The fraction of sp³-hybridized carbons (Fsp3) is 0.467. The summed E-state index contributed by atoms with van der Waals surface area (Å²) in [7, 11) is 0. The molecule has 0 aromatic heterocycles. The van der Waals surface area contributed by atoms with Gasteiger partial charge in [-0.3, -0.25) is 9.59 Å². The maximum atomic E-state index is 12.0. The molecule has 0 bridgehead atoms. The number of benzene rings is 1. The number of hydrogen-bond donors (Lipinski definition) is 3. The Bertz CT molecular complexity index is 486. The van der Waals surface area contributed by atoms with E-state index in [0.29, 0.717) is 17.8 Å². The van der Waals surface area contributed by atoms with Crippen LogP contribution in [0.25, 0.3) is 0 Å². The first-order chi connectivity index (χ1) is 9.43. The Morgan fingerprint density at radius 1 is 1.35 bits per heavy atom. The highest BCUT2D eigenvalue weighted by Gasteiger charge is 2.10. The number of anilines is 1. The van der Waals surface area contributed by atoms with Gasteiger partial charge in [-0.15, -0.1) is 0 Å². The summed E-state index contributed by atoms with van der Waals surface area (Å²) in [6.45, 7) is 6.15. The molecule has 1 atom stereocenters. The Kier molecular flexibility index (Phi) is 6.03. The first-order valence-electron chi connectivity index (χ1n) is 6.87. The van der Waals surface area contributed by atoms with Crippen LogP contribution in [0.1, 0.15) is 42.6 Å².